The highest BCUT2D eigenvalue weighted by molar-refractivity contribution is 5.93. The van der Waals surface area contributed by atoms with E-state index in [1.807, 2.05) is 25.1 Å². The lowest BCUT2D eigenvalue weighted by Gasteiger charge is -2.03. The van der Waals surface area contributed by atoms with Crippen LogP contribution in [0.15, 0.2) is 34.7 Å². The summed E-state index contributed by atoms with van der Waals surface area (Å²) in [4.78, 5) is 12.1. The Morgan fingerprint density at radius 1 is 1.25 bits per heavy atom. The van der Waals surface area contributed by atoms with Crippen LogP contribution >= 0.6 is 0 Å². The van der Waals surface area contributed by atoms with Gasteiger partial charge in [0.25, 0.3) is 0 Å². The van der Waals surface area contributed by atoms with E-state index in [-0.39, 0.29) is 5.78 Å². The molecule has 0 radical (unpaired) electrons. The van der Waals surface area contributed by atoms with Crippen LogP contribution in [0.5, 0.6) is 5.75 Å². The molecular weight excluding hydrogens is 252 g/mol. The van der Waals surface area contributed by atoms with Gasteiger partial charge in [-0.3, -0.25) is 4.79 Å². The molecule has 1 aromatic heterocycles. The van der Waals surface area contributed by atoms with Crippen LogP contribution in [0.2, 0.25) is 0 Å². The number of hydrogen-bond acceptors (Lipinski definition) is 3. The van der Waals surface area contributed by atoms with Crippen LogP contribution in [-0.4, -0.2) is 12.4 Å². The number of Topliss-reactive ketones (excluding diaryl/α,β-unsaturated/α-hetero) is 1. The van der Waals surface area contributed by atoms with Crippen LogP contribution in [0.3, 0.4) is 0 Å². The van der Waals surface area contributed by atoms with Crippen molar-refractivity contribution in [2.24, 2.45) is 0 Å². The smallest absolute Gasteiger partial charge is 0.198 e. The highest BCUT2D eigenvalue weighted by Crippen LogP contribution is 2.26. The van der Waals surface area contributed by atoms with E-state index in [9.17, 15) is 4.79 Å². The van der Waals surface area contributed by atoms with Crippen LogP contribution in [0.4, 0.5) is 0 Å². The maximum atomic E-state index is 12.1. The Bertz CT molecular complexity index is 625. The number of rotatable bonds is 5. The van der Waals surface area contributed by atoms with Crippen molar-refractivity contribution in [3.8, 4) is 5.75 Å². The summed E-state index contributed by atoms with van der Waals surface area (Å²) < 4.78 is 11.0. The van der Waals surface area contributed by atoms with Gasteiger partial charge < -0.3 is 9.15 Å². The molecule has 0 fully saturated rings. The average molecular weight is 270 g/mol. The first-order chi connectivity index (χ1) is 9.76. The fourth-order valence-electron chi connectivity index (χ4n) is 2.49. The first-order valence-electron chi connectivity index (χ1n) is 7.13. The number of benzene rings is 1. The highest BCUT2D eigenvalue weighted by Gasteiger charge is 2.14. The number of carbonyl (C=O) groups is 1. The third kappa shape index (κ3) is 2.62. The van der Waals surface area contributed by atoms with Gasteiger partial charge in [-0.25, -0.2) is 0 Å². The lowest BCUT2D eigenvalue weighted by atomic mass is 10.0. The molecule has 0 unspecified atom stereocenters. The summed E-state index contributed by atoms with van der Waals surface area (Å²) in [6.07, 6.45) is 3.01. The Hall–Kier alpha value is -2.03. The molecule has 3 nitrogen and oxygen atoms in total. The minimum Gasteiger partial charge on any atom is -0.493 e. The van der Waals surface area contributed by atoms with Crippen molar-refractivity contribution in [3.63, 3.8) is 0 Å². The normalized spacial score (nSPS) is 13.1. The highest BCUT2D eigenvalue weighted by atomic mass is 16.5. The molecule has 0 bridgehead atoms. The monoisotopic (exact) mass is 270 g/mol. The van der Waals surface area contributed by atoms with Gasteiger partial charge in [0.15, 0.2) is 11.5 Å². The predicted molar refractivity (Wildman–Crippen MR) is 76.4 cm³/mol. The molecule has 20 heavy (non-hydrogen) atoms. The summed E-state index contributed by atoms with van der Waals surface area (Å²) in [5.41, 5.74) is 2.44. The maximum absolute atomic E-state index is 12.1. The van der Waals surface area contributed by atoms with Crippen molar-refractivity contribution in [3.05, 3.63) is 53.0 Å². The maximum Gasteiger partial charge on any atom is 0.198 e. The van der Waals surface area contributed by atoms with E-state index in [0.29, 0.717) is 12.2 Å². The summed E-state index contributed by atoms with van der Waals surface area (Å²) in [5.74, 6) is 2.40. The number of ketones is 1. The van der Waals surface area contributed by atoms with Crippen LogP contribution in [0.1, 0.15) is 40.8 Å². The third-order valence-corrected chi connectivity index (χ3v) is 3.68. The Balaban J connectivity index is 1.63. The minimum atomic E-state index is 0.0708. The molecule has 0 amide bonds. The Morgan fingerprint density at radius 3 is 2.95 bits per heavy atom. The minimum absolute atomic E-state index is 0.0708. The van der Waals surface area contributed by atoms with Gasteiger partial charge >= 0.3 is 0 Å². The van der Waals surface area contributed by atoms with E-state index in [2.05, 4.69) is 6.07 Å². The molecule has 2 aromatic rings. The lowest BCUT2D eigenvalue weighted by molar-refractivity contribution is 0.0954. The van der Waals surface area contributed by atoms with E-state index in [0.717, 1.165) is 37.4 Å². The number of furan rings is 1. The van der Waals surface area contributed by atoms with E-state index in [1.165, 1.54) is 11.1 Å². The molecule has 3 heteroatoms. The van der Waals surface area contributed by atoms with Crippen LogP contribution < -0.4 is 4.74 Å². The van der Waals surface area contributed by atoms with E-state index < -0.39 is 0 Å². The Labute approximate surface area is 118 Å². The first-order valence-corrected chi connectivity index (χ1v) is 7.13. The Kier molecular flexibility index (Phi) is 3.59. The van der Waals surface area contributed by atoms with Crippen LogP contribution in [0, 0.1) is 0 Å². The van der Waals surface area contributed by atoms with Gasteiger partial charge in [-0.05, 0) is 35.7 Å². The van der Waals surface area contributed by atoms with Crippen molar-refractivity contribution in [2.75, 3.05) is 6.61 Å². The number of carbonyl (C=O) groups excluding carboxylic acids is 1. The fourth-order valence-corrected chi connectivity index (χ4v) is 2.49. The van der Waals surface area contributed by atoms with Crippen molar-refractivity contribution in [1.29, 1.82) is 0 Å². The van der Waals surface area contributed by atoms with E-state index in [1.54, 1.807) is 6.07 Å². The second kappa shape index (κ2) is 5.53. The second-order valence-corrected chi connectivity index (χ2v) is 5.08. The summed E-state index contributed by atoms with van der Waals surface area (Å²) in [7, 11) is 0. The molecule has 1 aliphatic heterocycles. The standard InChI is InChI=1S/C17H18O3/c1-2-14-5-8-17(20-14)15(18)6-3-12-4-7-16-13(11-12)9-10-19-16/h4-5,7-8,11H,2-3,6,9-10H2,1H3. The van der Waals surface area contributed by atoms with Crippen molar-refractivity contribution < 1.29 is 13.9 Å². The molecule has 0 spiro atoms. The van der Waals surface area contributed by atoms with Gasteiger partial charge in [-0.15, -0.1) is 0 Å². The molecule has 2 heterocycles. The second-order valence-electron chi connectivity index (χ2n) is 5.08. The van der Waals surface area contributed by atoms with Crippen LogP contribution in [0.25, 0.3) is 0 Å². The van der Waals surface area contributed by atoms with Gasteiger partial charge in [0, 0.05) is 19.3 Å². The van der Waals surface area contributed by atoms with Crippen molar-refractivity contribution in [1.82, 2.24) is 0 Å². The van der Waals surface area contributed by atoms with E-state index >= 15 is 0 Å². The predicted octanol–water partition coefficient (Wildman–Crippen LogP) is 3.59. The molecule has 1 aromatic carbocycles. The van der Waals surface area contributed by atoms with Gasteiger partial charge in [0.05, 0.1) is 6.61 Å². The number of fused-ring (bicyclic) bond motifs is 1. The largest absolute Gasteiger partial charge is 0.493 e. The molecule has 104 valence electrons. The van der Waals surface area contributed by atoms with Crippen molar-refractivity contribution in [2.45, 2.75) is 32.6 Å². The SMILES string of the molecule is CCc1ccc(C(=O)CCc2ccc3c(c2)CCO3)o1. The molecular formula is C17H18O3. The quantitative estimate of drug-likeness (QED) is 0.779. The lowest BCUT2D eigenvalue weighted by Crippen LogP contribution is -2.00. The third-order valence-electron chi connectivity index (χ3n) is 3.68. The Morgan fingerprint density at radius 2 is 2.15 bits per heavy atom. The fraction of sp³-hybridized carbons (Fsp3) is 0.353. The molecule has 0 atom stereocenters. The zero-order valence-electron chi connectivity index (χ0n) is 11.6. The molecule has 0 aliphatic carbocycles. The first kappa shape index (κ1) is 13.0. The van der Waals surface area contributed by atoms with Crippen molar-refractivity contribution >= 4 is 5.78 Å². The molecule has 3 rings (SSSR count). The summed E-state index contributed by atoms with van der Waals surface area (Å²) in [5, 5.41) is 0. The topological polar surface area (TPSA) is 39.4 Å². The zero-order chi connectivity index (χ0) is 13.9. The van der Waals surface area contributed by atoms with Gasteiger partial charge in [-0.2, -0.15) is 0 Å². The summed E-state index contributed by atoms with van der Waals surface area (Å²) in [6, 6.07) is 9.84. The van der Waals surface area contributed by atoms with E-state index in [4.69, 9.17) is 9.15 Å². The molecule has 0 saturated carbocycles. The zero-order valence-corrected chi connectivity index (χ0v) is 11.6. The number of aryl methyl sites for hydroxylation is 2. The summed E-state index contributed by atoms with van der Waals surface area (Å²) >= 11 is 0. The molecule has 0 N–H and O–H groups in total. The van der Waals surface area contributed by atoms with Gasteiger partial charge in [0.1, 0.15) is 11.5 Å². The average Bonchev–Trinajstić information content (AvgIpc) is 3.12. The number of ether oxygens (including phenoxy) is 1. The summed E-state index contributed by atoms with van der Waals surface area (Å²) in [6.45, 7) is 2.78. The molecule has 0 saturated heterocycles. The number of hydrogen-bond donors (Lipinski definition) is 0. The molecule has 1 aliphatic rings. The van der Waals surface area contributed by atoms with Gasteiger partial charge in [0.2, 0.25) is 0 Å². The van der Waals surface area contributed by atoms with Gasteiger partial charge in [-0.1, -0.05) is 19.1 Å². The van der Waals surface area contributed by atoms with Crippen LogP contribution in [-0.2, 0) is 19.3 Å².